The largest absolute Gasteiger partial charge is 0.493 e. The molecule has 0 aliphatic rings. The summed E-state index contributed by atoms with van der Waals surface area (Å²) in [6.45, 7) is 6.07. The number of thioether (sulfide) groups is 1. The van der Waals surface area contributed by atoms with Gasteiger partial charge < -0.3 is 18.5 Å². The molecule has 0 bridgehead atoms. The average Bonchev–Trinajstić information content (AvgIpc) is 3.43. The van der Waals surface area contributed by atoms with Gasteiger partial charge in [0.25, 0.3) is 5.89 Å². The Kier molecular flexibility index (Phi) is 7.09. The minimum atomic E-state index is -0.466. The summed E-state index contributed by atoms with van der Waals surface area (Å²) in [6, 6.07) is 14.7. The zero-order valence-electron chi connectivity index (χ0n) is 18.5. The molecule has 8 nitrogen and oxygen atoms in total. The number of hydrogen-bond acceptors (Lipinski definition) is 9. The van der Waals surface area contributed by atoms with Gasteiger partial charge in [0.15, 0.2) is 6.61 Å². The number of hydrogen-bond donors (Lipinski definition) is 0. The summed E-state index contributed by atoms with van der Waals surface area (Å²) in [5.41, 5.74) is 3.05. The zero-order chi connectivity index (χ0) is 23.2. The van der Waals surface area contributed by atoms with Crippen LogP contribution in [0.4, 0.5) is 0 Å². The number of aromatic nitrogens is 3. The number of nitrogens with zero attached hydrogens (tertiary/aromatic N) is 3. The molecule has 2 aromatic carbocycles. The number of rotatable bonds is 9. The predicted octanol–water partition coefficient (Wildman–Crippen LogP) is 5.39. The number of benzene rings is 2. The second-order valence-electron chi connectivity index (χ2n) is 7.10. The van der Waals surface area contributed by atoms with E-state index < -0.39 is 5.97 Å². The summed E-state index contributed by atoms with van der Waals surface area (Å²) in [7, 11) is 0. The third-order valence-electron chi connectivity index (χ3n) is 4.88. The Morgan fingerprint density at radius 2 is 1.82 bits per heavy atom. The van der Waals surface area contributed by atoms with Gasteiger partial charge in [-0.1, -0.05) is 34.6 Å². The first kappa shape index (κ1) is 22.6. The van der Waals surface area contributed by atoms with Gasteiger partial charge in [-0.05, 0) is 45.0 Å². The molecule has 33 heavy (non-hydrogen) atoms. The molecule has 0 unspecified atom stereocenters. The molecule has 170 valence electrons. The maximum Gasteiger partial charge on any atom is 0.339 e. The van der Waals surface area contributed by atoms with Crippen LogP contribution >= 0.6 is 11.8 Å². The van der Waals surface area contributed by atoms with Gasteiger partial charge in [0.2, 0.25) is 5.82 Å². The number of carbonyl (C=O) groups excluding carboxylic acids is 1. The highest BCUT2D eigenvalue weighted by atomic mass is 32.2. The smallest absolute Gasteiger partial charge is 0.339 e. The fourth-order valence-corrected chi connectivity index (χ4v) is 4.37. The predicted molar refractivity (Wildman–Crippen MR) is 122 cm³/mol. The molecule has 0 aliphatic carbocycles. The van der Waals surface area contributed by atoms with Gasteiger partial charge in [0.05, 0.1) is 23.4 Å². The van der Waals surface area contributed by atoms with Gasteiger partial charge in [-0.15, -0.1) is 11.8 Å². The van der Waals surface area contributed by atoms with Crippen LogP contribution in [-0.4, -0.2) is 27.9 Å². The molecule has 0 N–H and O–H groups in total. The van der Waals surface area contributed by atoms with Crippen molar-refractivity contribution in [2.24, 2.45) is 0 Å². The maximum absolute atomic E-state index is 12.8. The molecule has 0 fully saturated rings. The Labute approximate surface area is 195 Å². The van der Waals surface area contributed by atoms with Crippen molar-refractivity contribution in [1.82, 2.24) is 15.3 Å². The van der Waals surface area contributed by atoms with Crippen LogP contribution in [0, 0.1) is 13.8 Å². The third-order valence-corrected chi connectivity index (χ3v) is 5.98. The van der Waals surface area contributed by atoms with E-state index in [1.807, 2.05) is 57.2 Å². The van der Waals surface area contributed by atoms with Crippen LogP contribution in [0.2, 0.25) is 0 Å². The summed E-state index contributed by atoms with van der Waals surface area (Å²) in [5.74, 6) is 2.18. The molecule has 9 heteroatoms. The molecular formula is C24H23N3O5S. The first-order valence-electron chi connectivity index (χ1n) is 10.4. The lowest BCUT2D eigenvalue weighted by molar-refractivity contribution is 0.0425. The van der Waals surface area contributed by atoms with Gasteiger partial charge in [0.1, 0.15) is 11.5 Å². The van der Waals surface area contributed by atoms with Crippen LogP contribution in [0.1, 0.15) is 40.2 Å². The summed E-state index contributed by atoms with van der Waals surface area (Å²) in [5, 5.41) is 7.97. The van der Waals surface area contributed by atoms with E-state index in [-0.39, 0.29) is 12.5 Å². The van der Waals surface area contributed by atoms with E-state index >= 15 is 0 Å². The molecule has 0 atom stereocenters. The topological polar surface area (TPSA) is 100 Å². The number of aryl methyl sites for hydroxylation is 2. The van der Waals surface area contributed by atoms with Crippen LogP contribution < -0.4 is 4.74 Å². The van der Waals surface area contributed by atoms with Crippen LogP contribution in [0.25, 0.3) is 11.4 Å². The monoisotopic (exact) mass is 465 g/mol. The molecule has 4 rings (SSSR count). The van der Waals surface area contributed by atoms with E-state index in [0.29, 0.717) is 35.1 Å². The van der Waals surface area contributed by atoms with Crippen LogP contribution in [-0.2, 0) is 17.1 Å². The van der Waals surface area contributed by atoms with Crippen molar-refractivity contribution in [3.05, 3.63) is 77.0 Å². The van der Waals surface area contributed by atoms with E-state index in [1.165, 1.54) is 11.8 Å². The van der Waals surface area contributed by atoms with Crippen molar-refractivity contribution >= 4 is 17.7 Å². The fourth-order valence-electron chi connectivity index (χ4n) is 3.18. The van der Waals surface area contributed by atoms with Crippen molar-refractivity contribution in [3.63, 3.8) is 0 Å². The SMILES string of the molecule is CCOc1ccccc1-c1noc(COC(=O)c2ccccc2SCc2c(C)noc2C)n1. The van der Waals surface area contributed by atoms with Crippen molar-refractivity contribution in [3.8, 4) is 17.1 Å². The van der Waals surface area contributed by atoms with E-state index in [0.717, 1.165) is 21.9 Å². The van der Waals surface area contributed by atoms with Crippen molar-refractivity contribution in [1.29, 1.82) is 0 Å². The quantitative estimate of drug-likeness (QED) is 0.238. The standard InChI is InChI=1S/C24H23N3O5S/c1-4-29-20-11-7-5-9-17(20)23-25-22(32-27-23)13-30-24(28)18-10-6-8-12-21(18)33-14-19-15(2)26-31-16(19)3/h5-12H,4,13-14H2,1-3H3. The van der Waals surface area contributed by atoms with Crippen molar-refractivity contribution in [2.75, 3.05) is 6.61 Å². The Balaban J connectivity index is 1.42. The summed E-state index contributed by atoms with van der Waals surface area (Å²) >= 11 is 1.52. The Morgan fingerprint density at radius 1 is 1.03 bits per heavy atom. The third kappa shape index (κ3) is 5.25. The second kappa shape index (κ2) is 10.4. The Hall–Kier alpha value is -3.59. The number of carbonyl (C=O) groups is 1. The van der Waals surface area contributed by atoms with E-state index in [9.17, 15) is 4.79 Å². The zero-order valence-corrected chi connectivity index (χ0v) is 19.3. The lowest BCUT2D eigenvalue weighted by Gasteiger charge is -2.08. The number of esters is 1. The molecule has 4 aromatic rings. The molecule has 0 spiro atoms. The summed E-state index contributed by atoms with van der Waals surface area (Å²) in [4.78, 5) is 17.9. The Morgan fingerprint density at radius 3 is 2.61 bits per heavy atom. The van der Waals surface area contributed by atoms with E-state index in [1.54, 1.807) is 12.1 Å². The van der Waals surface area contributed by atoms with E-state index in [4.69, 9.17) is 18.5 Å². The van der Waals surface area contributed by atoms with Crippen LogP contribution in [0.3, 0.4) is 0 Å². The van der Waals surface area contributed by atoms with Gasteiger partial charge >= 0.3 is 5.97 Å². The van der Waals surface area contributed by atoms with Gasteiger partial charge in [0, 0.05) is 16.2 Å². The van der Waals surface area contributed by atoms with Crippen LogP contribution in [0.5, 0.6) is 5.75 Å². The summed E-state index contributed by atoms with van der Waals surface area (Å²) < 4.78 is 21.6. The van der Waals surface area contributed by atoms with Crippen molar-refractivity contribution in [2.45, 2.75) is 38.0 Å². The minimum absolute atomic E-state index is 0.133. The maximum atomic E-state index is 12.8. The first-order valence-corrected chi connectivity index (χ1v) is 11.4. The lowest BCUT2D eigenvalue weighted by Crippen LogP contribution is -2.07. The molecule has 2 aromatic heterocycles. The lowest BCUT2D eigenvalue weighted by atomic mass is 10.2. The van der Waals surface area contributed by atoms with Crippen LogP contribution in [0.15, 0.2) is 62.5 Å². The Bertz CT molecular complexity index is 1230. The highest BCUT2D eigenvalue weighted by Gasteiger charge is 2.18. The molecule has 0 radical (unpaired) electrons. The van der Waals surface area contributed by atoms with E-state index in [2.05, 4.69) is 15.3 Å². The van der Waals surface area contributed by atoms with Gasteiger partial charge in [-0.3, -0.25) is 0 Å². The molecule has 0 amide bonds. The second-order valence-corrected chi connectivity index (χ2v) is 8.12. The highest BCUT2D eigenvalue weighted by Crippen LogP contribution is 2.30. The molecule has 0 aliphatic heterocycles. The number of ether oxygens (including phenoxy) is 2. The molecule has 0 saturated heterocycles. The minimum Gasteiger partial charge on any atom is -0.493 e. The number of para-hydroxylation sites is 1. The molecular weight excluding hydrogens is 442 g/mol. The van der Waals surface area contributed by atoms with Gasteiger partial charge in [-0.2, -0.15) is 4.98 Å². The molecule has 0 saturated carbocycles. The molecule has 2 heterocycles. The van der Waals surface area contributed by atoms with Gasteiger partial charge in [-0.25, -0.2) is 4.79 Å². The van der Waals surface area contributed by atoms with Crippen molar-refractivity contribution < 1.29 is 23.3 Å². The fraction of sp³-hybridized carbons (Fsp3) is 0.250. The normalized spacial score (nSPS) is 10.9. The average molecular weight is 466 g/mol. The highest BCUT2D eigenvalue weighted by molar-refractivity contribution is 7.98. The first-order chi connectivity index (χ1) is 16.1. The summed E-state index contributed by atoms with van der Waals surface area (Å²) in [6.07, 6.45) is 0.